The van der Waals surface area contributed by atoms with E-state index in [0.29, 0.717) is 18.4 Å². The maximum atomic E-state index is 13.6. The molecule has 2 aromatic carbocycles. The van der Waals surface area contributed by atoms with Crippen molar-refractivity contribution in [2.75, 3.05) is 0 Å². The molecule has 0 bridgehead atoms. The highest BCUT2D eigenvalue weighted by atomic mass is 19.2. The van der Waals surface area contributed by atoms with Crippen LogP contribution in [0.1, 0.15) is 43.0 Å². The predicted molar refractivity (Wildman–Crippen MR) is 102 cm³/mol. The molecule has 4 nitrogen and oxygen atoms in total. The lowest BCUT2D eigenvalue weighted by molar-refractivity contribution is 0.0148. The van der Waals surface area contributed by atoms with Gasteiger partial charge in [-0.15, -0.1) is 0 Å². The van der Waals surface area contributed by atoms with Crippen molar-refractivity contribution in [2.24, 2.45) is 0 Å². The SMILES string of the molecule is CC(C)(C)OC(=O)N(Cc1ccc(F)c(F)c1)C1Cc2ccc(CO)cc2C1. The molecule has 0 aliphatic heterocycles. The first kappa shape index (κ1) is 20.3. The van der Waals surface area contributed by atoms with Gasteiger partial charge in [0.2, 0.25) is 0 Å². The van der Waals surface area contributed by atoms with Gasteiger partial charge in [-0.25, -0.2) is 13.6 Å². The molecule has 28 heavy (non-hydrogen) atoms. The second-order valence-electron chi connectivity index (χ2n) is 8.18. The third-order valence-electron chi connectivity index (χ3n) is 4.77. The highest BCUT2D eigenvalue weighted by Gasteiger charge is 2.33. The number of aliphatic hydroxyl groups excluding tert-OH is 1. The second-order valence-corrected chi connectivity index (χ2v) is 8.18. The van der Waals surface area contributed by atoms with Crippen LogP contribution in [-0.4, -0.2) is 27.7 Å². The van der Waals surface area contributed by atoms with Crippen LogP contribution in [0.5, 0.6) is 0 Å². The lowest BCUT2D eigenvalue weighted by atomic mass is 10.1. The predicted octanol–water partition coefficient (Wildman–Crippen LogP) is 4.36. The maximum absolute atomic E-state index is 13.6. The molecule has 6 heteroatoms. The molecule has 0 aromatic heterocycles. The van der Waals surface area contributed by atoms with Crippen molar-refractivity contribution in [3.63, 3.8) is 0 Å². The molecule has 0 fully saturated rings. The van der Waals surface area contributed by atoms with Gasteiger partial charge in [0, 0.05) is 12.6 Å². The van der Waals surface area contributed by atoms with Crippen molar-refractivity contribution in [1.29, 1.82) is 0 Å². The van der Waals surface area contributed by atoms with E-state index < -0.39 is 23.3 Å². The summed E-state index contributed by atoms with van der Waals surface area (Å²) in [6, 6.07) is 9.27. The fraction of sp³-hybridized carbons (Fsp3) is 0.409. The summed E-state index contributed by atoms with van der Waals surface area (Å²) in [5.41, 5.74) is 2.84. The Morgan fingerprint density at radius 1 is 1.07 bits per heavy atom. The fourth-order valence-corrected chi connectivity index (χ4v) is 3.46. The molecule has 3 rings (SSSR count). The Hall–Kier alpha value is -2.47. The number of hydrogen-bond acceptors (Lipinski definition) is 3. The Morgan fingerprint density at radius 2 is 1.75 bits per heavy atom. The summed E-state index contributed by atoms with van der Waals surface area (Å²) < 4.78 is 32.5. The van der Waals surface area contributed by atoms with Crippen LogP contribution in [0, 0.1) is 11.6 Å². The number of hydrogen-bond donors (Lipinski definition) is 1. The summed E-state index contributed by atoms with van der Waals surface area (Å²) in [6.45, 7) is 5.45. The zero-order valence-corrected chi connectivity index (χ0v) is 16.3. The summed E-state index contributed by atoms with van der Waals surface area (Å²) >= 11 is 0. The number of carbonyl (C=O) groups excluding carboxylic acids is 1. The van der Waals surface area contributed by atoms with Gasteiger partial charge in [0.15, 0.2) is 11.6 Å². The van der Waals surface area contributed by atoms with Crippen molar-refractivity contribution < 1.29 is 23.4 Å². The highest BCUT2D eigenvalue weighted by molar-refractivity contribution is 5.69. The number of nitrogens with zero attached hydrogens (tertiary/aromatic N) is 1. The molecule has 1 aliphatic carbocycles. The number of carbonyl (C=O) groups is 1. The lowest BCUT2D eigenvalue weighted by Gasteiger charge is -2.31. The van der Waals surface area contributed by atoms with Crippen molar-refractivity contribution >= 4 is 6.09 Å². The largest absolute Gasteiger partial charge is 0.444 e. The number of aliphatic hydroxyl groups is 1. The Kier molecular flexibility index (Phi) is 5.70. The van der Waals surface area contributed by atoms with Gasteiger partial charge in [-0.2, -0.15) is 0 Å². The summed E-state index contributed by atoms with van der Waals surface area (Å²) in [7, 11) is 0. The molecule has 1 atom stereocenters. The van der Waals surface area contributed by atoms with Gasteiger partial charge < -0.3 is 14.7 Å². The van der Waals surface area contributed by atoms with E-state index in [1.807, 2.05) is 18.2 Å². The first-order chi connectivity index (χ1) is 13.2. The van der Waals surface area contributed by atoms with Gasteiger partial charge in [-0.3, -0.25) is 0 Å². The minimum absolute atomic E-state index is 0.0391. The number of ether oxygens (including phenoxy) is 1. The maximum Gasteiger partial charge on any atom is 0.410 e. The number of halogens is 2. The average Bonchev–Trinajstić information content (AvgIpc) is 3.03. The molecule has 0 spiro atoms. The Bertz CT molecular complexity index is 877. The number of benzene rings is 2. The van der Waals surface area contributed by atoms with Crippen LogP contribution in [0.3, 0.4) is 0 Å². The molecule has 0 radical (unpaired) electrons. The van der Waals surface area contributed by atoms with E-state index in [0.717, 1.165) is 28.8 Å². The van der Waals surface area contributed by atoms with E-state index in [1.165, 1.54) is 6.07 Å². The van der Waals surface area contributed by atoms with Crippen molar-refractivity contribution in [2.45, 2.75) is 58.4 Å². The van der Waals surface area contributed by atoms with Gasteiger partial charge in [-0.1, -0.05) is 24.3 Å². The van der Waals surface area contributed by atoms with Crippen LogP contribution in [0.4, 0.5) is 13.6 Å². The summed E-state index contributed by atoms with van der Waals surface area (Å²) in [6.07, 6.45) is 0.771. The molecular weight excluding hydrogens is 364 g/mol. The Morgan fingerprint density at radius 3 is 2.39 bits per heavy atom. The normalized spacial score (nSPS) is 16.0. The molecule has 0 saturated heterocycles. The molecule has 2 aromatic rings. The Labute approximate surface area is 163 Å². The van der Waals surface area contributed by atoms with Crippen molar-refractivity contribution in [3.05, 3.63) is 70.3 Å². The molecule has 1 N–H and O–H groups in total. The van der Waals surface area contributed by atoms with Crippen LogP contribution in [0.25, 0.3) is 0 Å². The van der Waals surface area contributed by atoms with Crippen LogP contribution in [-0.2, 0) is 30.7 Å². The molecule has 0 saturated carbocycles. The molecule has 1 unspecified atom stereocenters. The Balaban J connectivity index is 1.86. The quantitative estimate of drug-likeness (QED) is 0.845. The second kappa shape index (κ2) is 7.87. The number of rotatable bonds is 4. The van der Waals surface area contributed by atoms with Gasteiger partial charge in [-0.05, 0) is 68.0 Å². The third kappa shape index (κ3) is 4.68. The van der Waals surface area contributed by atoms with Crippen molar-refractivity contribution in [3.8, 4) is 0 Å². The zero-order valence-electron chi connectivity index (χ0n) is 16.3. The summed E-state index contributed by atoms with van der Waals surface area (Å²) in [5.74, 6) is -1.86. The molecule has 1 aliphatic rings. The molecule has 0 heterocycles. The van der Waals surface area contributed by atoms with Gasteiger partial charge in [0.1, 0.15) is 5.60 Å². The minimum Gasteiger partial charge on any atom is -0.444 e. The van der Waals surface area contributed by atoms with E-state index >= 15 is 0 Å². The van der Waals surface area contributed by atoms with Gasteiger partial charge >= 0.3 is 6.09 Å². The smallest absolute Gasteiger partial charge is 0.410 e. The lowest BCUT2D eigenvalue weighted by Crippen LogP contribution is -2.43. The van der Waals surface area contributed by atoms with Crippen LogP contribution >= 0.6 is 0 Å². The first-order valence-electron chi connectivity index (χ1n) is 9.31. The topological polar surface area (TPSA) is 49.8 Å². The average molecular weight is 389 g/mol. The fourth-order valence-electron chi connectivity index (χ4n) is 3.46. The van der Waals surface area contributed by atoms with Crippen LogP contribution < -0.4 is 0 Å². The molecule has 1 amide bonds. The number of amides is 1. The molecule has 150 valence electrons. The third-order valence-corrected chi connectivity index (χ3v) is 4.77. The first-order valence-corrected chi connectivity index (χ1v) is 9.31. The zero-order chi connectivity index (χ0) is 20.5. The van der Waals surface area contributed by atoms with Crippen molar-refractivity contribution in [1.82, 2.24) is 4.90 Å². The summed E-state index contributed by atoms with van der Waals surface area (Å²) in [5, 5.41) is 9.35. The van der Waals surface area contributed by atoms with Crippen LogP contribution in [0.2, 0.25) is 0 Å². The van der Waals surface area contributed by atoms with E-state index in [9.17, 15) is 18.7 Å². The van der Waals surface area contributed by atoms with Crippen LogP contribution in [0.15, 0.2) is 36.4 Å². The summed E-state index contributed by atoms with van der Waals surface area (Å²) in [4.78, 5) is 14.5. The number of fused-ring (bicyclic) bond motifs is 1. The van der Waals surface area contributed by atoms with E-state index in [-0.39, 0.29) is 19.2 Å². The van der Waals surface area contributed by atoms with Gasteiger partial charge in [0.25, 0.3) is 0 Å². The standard InChI is InChI=1S/C22H25F2NO3/c1-22(2,3)28-21(27)25(12-14-5-7-19(23)20(24)9-14)18-10-16-6-4-15(13-26)8-17(16)11-18/h4-9,18,26H,10-13H2,1-3H3. The van der Waals surface area contributed by atoms with E-state index in [4.69, 9.17) is 4.74 Å². The molecular formula is C22H25F2NO3. The van der Waals surface area contributed by atoms with E-state index in [2.05, 4.69) is 0 Å². The minimum atomic E-state index is -0.941. The van der Waals surface area contributed by atoms with Gasteiger partial charge in [0.05, 0.1) is 6.61 Å². The van der Waals surface area contributed by atoms with E-state index in [1.54, 1.807) is 25.7 Å². The monoisotopic (exact) mass is 389 g/mol. The highest BCUT2D eigenvalue weighted by Crippen LogP contribution is 2.29.